The van der Waals surface area contributed by atoms with E-state index in [0.717, 1.165) is 5.56 Å². The largest absolute Gasteiger partial charge is 0.335 e. The summed E-state index contributed by atoms with van der Waals surface area (Å²) in [5.74, 6) is -0.878. The Labute approximate surface area is 94.5 Å². The molecule has 2 amide bonds. The molecule has 0 radical (unpaired) electrons. The molecular formula is C12H14N2O2. The van der Waals surface area contributed by atoms with Gasteiger partial charge in [0.05, 0.1) is 6.04 Å². The molecule has 2 rings (SSSR count). The fourth-order valence-corrected chi connectivity index (χ4v) is 1.92. The summed E-state index contributed by atoms with van der Waals surface area (Å²) in [6.07, 6.45) is 0. The molecule has 1 heterocycles. The number of piperazine rings is 1. The number of likely N-dealkylation sites (N-methyl/N-ethyl adjacent to an activating group) is 2. The summed E-state index contributed by atoms with van der Waals surface area (Å²) in [4.78, 5) is 26.1. The molecule has 4 heteroatoms. The van der Waals surface area contributed by atoms with E-state index in [1.807, 2.05) is 30.3 Å². The molecular weight excluding hydrogens is 204 g/mol. The first-order valence-corrected chi connectivity index (χ1v) is 5.18. The Bertz CT molecular complexity index is 416. The lowest BCUT2D eigenvalue weighted by Crippen LogP contribution is -2.52. The summed E-state index contributed by atoms with van der Waals surface area (Å²) in [5, 5.41) is 0. The van der Waals surface area contributed by atoms with Gasteiger partial charge < -0.3 is 9.80 Å². The van der Waals surface area contributed by atoms with E-state index in [9.17, 15) is 9.59 Å². The van der Waals surface area contributed by atoms with Gasteiger partial charge in [-0.3, -0.25) is 9.59 Å². The number of nitrogens with zero attached hydrogens (tertiary/aromatic N) is 2. The van der Waals surface area contributed by atoms with E-state index in [0.29, 0.717) is 6.54 Å². The molecule has 0 bridgehead atoms. The molecule has 0 N–H and O–H groups in total. The van der Waals surface area contributed by atoms with Gasteiger partial charge in [-0.25, -0.2) is 0 Å². The summed E-state index contributed by atoms with van der Waals surface area (Å²) in [6.45, 7) is 0.547. The molecule has 16 heavy (non-hydrogen) atoms. The lowest BCUT2D eigenvalue weighted by atomic mass is 10.0. The number of hydrogen-bond donors (Lipinski definition) is 0. The maximum Gasteiger partial charge on any atom is 0.312 e. The van der Waals surface area contributed by atoms with Crippen molar-refractivity contribution < 1.29 is 9.59 Å². The van der Waals surface area contributed by atoms with Crippen LogP contribution in [0.4, 0.5) is 0 Å². The first-order valence-electron chi connectivity index (χ1n) is 5.18. The average molecular weight is 218 g/mol. The number of hydrogen-bond acceptors (Lipinski definition) is 2. The van der Waals surface area contributed by atoms with Gasteiger partial charge in [-0.05, 0) is 5.56 Å². The van der Waals surface area contributed by atoms with Gasteiger partial charge in [-0.15, -0.1) is 0 Å². The number of amides is 2. The van der Waals surface area contributed by atoms with E-state index in [1.54, 1.807) is 14.1 Å². The van der Waals surface area contributed by atoms with Crippen molar-refractivity contribution in [3.63, 3.8) is 0 Å². The smallest absolute Gasteiger partial charge is 0.312 e. The number of benzene rings is 1. The summed E-state index contributed by atoms with van der Waals surface area (Å²) < 4.78 is 0. The zero-order chi connectivity index (χ0) is 11.7. The molecule has 1 aliphatic heterocycles. The standard InChI is InChI=1S/C12H14N2O2/c1-13-8-10(9-6-4-3-5-7-9)14(2)12(16)11(13)15/h3-7,10H,8H2,1-2H3. The average Bonchev–Trinajstić information content (AvgIpc) is 2.32. The molecule has 4 nitrogen and oxygen atoms in total. The normalized spacial score (nSPS) is 21.5. The molecule has 0 aromatic heterocycles. The maximum absolute atomic E-state index is 11.7. The Morgan fingerprint density at radius 1 is 1.06 bits per heavy atom. The summed E-state index contributed by atoms with van der Waals surface area (Å²) >= 11 is 0. The van der Waals surface area contributed by atoms with Crippen molar-refractivity contribution in [1.29, 1.82) is 0 Å². The van der Waals surface area contributed by atoms with Crippen molar-refractivity contribution in [1.82, 2.24) is 9.80 Å². The van der Waals surface area contributed by atoms with Crippen molar-refractivity contribution >= 4 is 11.8 Å². The van der Waals surface area contributed by atoms with E-state index in [-0.39, 0.29) is 6.04 Å². The Hall–Kier alpha value is -1.84. The third-order valence-corrected chi connectivity index (χ3v) is 2.95. The molecule has 0 saturated carbocycles. The Morgan fingerprint density at radius 2 is 1.69 bits per heavy atom. The van der Waals surface area contributed by atoms with Crippen molar-refractivity contribution in [2.75, 3.05) is 20.6 Å². The summed E-state index contributed by atoms with van der Waals surface area (Å²) in [5.41, 5.74) is 1.05. The monoisotopic (exact) mass is 218 g/mol. The molecule has 0 aliphatic carbocycles. The molecule has 0 spiro atoms. The second-order valence-electron chi connectivity index (χ2n) is 4.03. The van der Waals surface area contributed by atoms with Crippen LogP contribution in [0, 0.1) is 0 Å². The van der Waals surface area contributed by atoms with Gasteiger partial charge in [0, 0.05) is 20.6 Å². The molecule has 1 aromatic rings. The minimum absolute atomic E-state index is 0.0450. The third-order valence-electron chi connectivity index (χ3n) is 2.95. The van der Waals surface area contributed by atoms with Gasteiger partial charge in [0.25, 0.3) is 0 Å². The van der Waals surface area contributed by atoms with Gasteiger partial charge in [0.2, 0.25) is 0 Å². The molecule has 1 aromatic carbocycles. The van der Waals surface area contributed by atoms with Gasteiger partial charge >= 0.3 is 11.8 Å². The van der Waals surface area contributed by atoms with Crippen molar-refractivity contribution in [3.05, 3.63) is 35.9 Å². The molecule has 1 saturated heterocycles. The van der Waals surface area contributed by atoms with Crippen molar-refractivity contribution in [3.8, 4) is 0 Å². The minimum atomic E-state index is -0.442. The highest BCUT2D eigenvalue weighted by atomic mass is 16.2. The first-order chi connectivity index (χ1) is 7.61. The molecule has 84 valence electrons. The van der Waals surface area contributed by atoms with Crippen LogP contribution in [0.25, 0.3) is 0 Å². The topological polar surface area (TPSA) is 40.6 Å². The van der Waals surface area contributed by atoms with Crippen LogP contribution < -0.4 is 0 Å². The second kappa shape index (κ2) is 3.96. The quantitative estimate of drug-likeness (QED) is 0.650. The predicted molar refractivity (Wildman–Crippen MR) is 59.6 cm³/mol. The van der Waals surface area contributed by atoms with Crippen LogP contribution in [-0.2, 0) is 9.59 Å². The highest BCUT2D eigenvalue weighted by Crippen LogP contribution is 2.23. The fourth-order valence-electron chi connectivity index (χ4n) is 1.92. The van der Waals surface area contributed by atoms with Gasteiger partial charge in [0.15, 0.2) is 0 Å². The van der Waals surface area contributed by atoms with Crippen LogP contribution in [0.3, 0.4) is 0 Å². The molecule has 1 unspecified atom stereocenters. The zero-order valence-corrected chi connectivity index (χ0v) is 9.38. The SMILES string of the molecule is CN1CC(c2ccccc2)N(C)C(=O)C1=O. The van der Waals surface area contributed by atoms with E-state index < -0.39 is 11.8 Å². The van der Waals surface area contributed by atoms with Crippen molar-refractivity contribution in [2.24, 2.45) is 0 Å². The predicted octanol–water partition coefficient (Wildman–Crippen LogP) is 0.658. The number of carbonyl (C=O) groups excluding carboxylic acids is 2. The Balaban J connectivity index is 2.30. The highest BCUT2D eigenvalue weighted by Gasteiger charge is 2.35. The van der Waals surface area contributed by atoms with E-state index in [2.05, 4.69) is 0 Å². The molecule has 1 aliphatic rings. The molecule has 1 atom stereocenters. The maximum atomic E-state index is 11.7. The minimum Gasteiger partial charge on any atom is -0.335 e. The van der Waals surface area contributed by atoms with E-state index >= 15 is 0 Å². The lowest BCUT2D eigenvalue weighted by molar-refractivity contribution is -0.156. The van der Waals surface area contributed by atoms with Crippen LogP contribution in [-0.4, -0.2) is 42.3 Å². The third kappa shape index (κ3) is 1.66. The fraction of sp³-hybridized carbons (Fsp3) is 0.333. The van der Waals surface area contributed by atoms with Gasteiger partial charge in [-0.2, -0.15) is 0 Å². The summed E-state index contributed by atoms with van der Waals surface area (Å²) in [6, 6.07) is 9.70. The lowest BCUT2D eigenvalue weighted by Gasteiger charge is -2.36. The van der Waals surface area contributed by atoms with E-state index in [4.69, 9.17) is 0 Å². The second-order valence-corrected chi connectivity index (χ2v) is 4.03. The first kappa shape index (κ1) is 10.7. The Kier molecular flexibility index (Phi) is 2.64. The van der Waals surface area contributed by atoms with Crippen LogP contribution in [0.1, 0.15) is 11.6 Å². The highest BCUT2D eigenvalue weighted by molar-refractivity contribution is 6.35. The van der Waals surface area contributed by atoms with Crippen molar-refractivity contribution in [2.45, 2.75) is 6.04 Å². The molecule has 1 fully saturated rings. The van der Waals surface area contributed by atoms with Crippen LogP contribution in [0.5, 0.6) is 0 Å². The Morgan fingerprint density at radius 3 is 2.31 bits per heavy atom. The summed E-state index contributed by atoms with van der Waals surface area (Å²) in [7, 11) is 3.33. The van der Waals surface area contributed by atoms with Gasteiger partial charge in [0.1, 0.15) is 0 Å². The number of carbonyl (C=O) groups is 2. The zero-order valence-electron chi connectivity index (χ0n) is 9.38. The van der Waals surface area contributed by atoms with Crippen LogP contribution in [0.15, 0.2) is 30.3 Å². The van der Waals surface area contributed by atoms with Crippen LogP contribution >= 0.6 is 0 Å². The van der Waals surface area contributed by atoms with Gasteiger partial charge in [-0.1, -0.05) is 30.3 Å². The van der Waals surface area contributed by atoms with Crippen LogP contribution in [0.2, 0.25) is 0 Å². The number of rotatable bonds is 1. The van der Waals surface area contributed by atoms with E-state index in [1.165, 1.54) is 9.80 Å².